The quantitative estimate of drug-likeness (QED) is 0.803. The maximum atomic E-state index is 11.5. The van der Waals surface area contributed by atoms with Gasteiger partial charge in [0.2, 0.25) is 5.56 Å². The Kier molecular flexibility index (Phi) is 2.44. The van der Waals surface area contributed by atoms with Crippen LogP contribution < -0.4 is 5.56 Å². The van der Waals surface area contributed by atoms with E-state index in [1.165, 1.54) is 16.9 Å². The Morgan fingerprint density at radius 1 is 1.42 bits per heavy atom. The van der Waals surface area contributed by atoms with Crippen molar-refractivity contribution in [2.45, 2.75) is 24.8 Å². The lowest BCUT2D eigenvalue weighted by atomic mass is 9.76. The van der Waals surface area contributed by atoms with Gasteiger partial charge in [0.05, 0.1) is 0 Å². The lowest BCUT2D eigenvalue weighted by Crippen LogP contribution is -2.48. The molecule has 0 aromatic carbocycles. The number of tetrazole rings is 1. The summed E-state index contributed by atoms with van der Waals surface area (Å²) in [7, 11) is 0. The van der Waals surface area contributed by atoms with Crippen molar-refractivity contribution in [2.24, 2.45) is 0 Å². The van der Waals surface area contributed by atoms with Crippen molar-refractivity contribution < 1.29 is 9.90 Å². The summed E-state index contributed by atoms with van der Waals surface area (Å²) in [5.41, 5.74) is -0.717. The number of rotatable bonds is 3. The molecule has 1 saturated carbocycles. The third kappa shape index (κ3) is 1.64. The third-order valence-corrected chi connectivity index (χ3v) is 3.50. The average Bonchev–Trinajstić information content (AvgIpc) is 2.77. The predicted molar refractivity (Wildman–Crippen MR) is 63.3 cm³/mol. The number of carboxylic acid groups (broad SMARTS) is 1. The van der Waals surface area contributed by atoms with Gasteiger partial charge < -0.3 is 10.1 Å². The number of nitrogens with zero attached hydrogens (tertiary/aromatic N) is 4. The molecule has 0 aliphatic heterocycles. The molecular formula is C11H11N5O3. The van der Waals surface area contributed by atoms with Gasteiger partial charge in [0.25, 0.3) is 0 Å². The van der Waals surface area contributed by atoms with Crippen molar-refractivity contribution in [2.75, 3.05) is 0 Å². The van der Waals surface area contributed by atoms with Gasteiger partial charge in [-0.3, -0.25) is 4.79 Å². The molecular weight excluding hydrogens is 250 g/mol. The molecule has 2 N–H and O–H groups in total. The van der Waals surface area contributed by atoms with E-state index in [-0.39, 0.29) is 5.56 Å². The SMILES string of the molecule is O=C(O)C1(n2nnnc2-c2ccc(=O)[nH]c2)CCC1. The van der Waals surface area contributed by atoms with Gasteiger partial charge in [-0.15, -0.1) is 5.10 Å². The lowest BCUT2D eigenvalue weighted by molar-refractivity contribution is -0.153. The minimum atomic E-state index is -1.06. The summed E-state index contributed by atoms with van der Waals surface area (Å²) in [6.07, 6.45) is 3.31. The van der Waals surface area contributed by atoms with E-state index in [4.69, 9.17) is 0 Å². The maximum absolute atomic E-state index is 11.5. The molecule has 1 fully saturated rings. The third-order valence-electron chi connectivity index (χ3n) is 3.50. The number of hydrogen-bond donors (Lipinski definition) is 2. The molecule has 2 heterocycles. The number of aromatic nitrogens is 5. The first-order valence-corrected chi connectivity index (χ1v) is 5.85. The maximum Gasteiger partial charge on any atom is 0.331 e. The molecule has 19 heavy (non-hydrogen) atoms. The van der Waals surface area contributed by atoms with Crippen LogP contribution in [0.25, 0.3) is 11.4 Å². The zero-order chi connectivity index (χ0) is 13.5. The summed E-state index contributed by atoms with van der Waals surface area (Å²) < 4.78 is 1.34. The molecule has 2 aromatic heterocycles. The summed E-state index contributed by atoms with van der Waals surface area (Å²) >= 11 is 0. The van der Waals surface area contributed by atoms with Crippen LogP contribution in [0.3, 0.4) is 0 Å². The van der Waals surface area contributed by atoms with Crippen LogP contribution in [-0.4, -0.2) is 36.3 Å². The largest absolute Gasteiger partial charge is 0.479 e. The van der Waals surface area contributed by atoms with Gasteiger partial charge in [-0.2, -0.15) is 0 Å². The van der Waals surface area contributed by atoms with Crippen molar-refractivity contribution >= 4 is 5.97 Å². The summed E-state index contributed by atoms with van der Waals surface area (Å²) in [5, 5.41) is 20.6. The van der Waals surface area contributed by atoms with Crippen LogP contribution in [-0.2, 0) is 10.3 Å². The first-order valence-electron chi connectivity index (χ1n) is 5.85. The second-order valence-electron chi connectivity index (χ2n) is 4.55. The smallest absolute Gasteiger partial charge is 0.331 e. The summed E-state index contributed by atoms with van der Waals surface area (Å²) in [4.78, 5) is 25.0. The minimum Gasteiger partial charge on any atom is -0.479 e. The number of carbonyl (C=O) groups is 1. The Morgan fingerprint density at radius 2 is 2.21 bits per heavy atom. The van der Waals surface area contributed by atoms with Gasteiger partial charge in [0.1, 0.15) is 0 Å². The highest BCUT2D eigenvalue weighted by molar-refractivity contribution is 5.78. The zero-order valence-electron chi connectivity index (χ0n) is 9.91. The van der Waals surface area contributed by atoms with Gasteiger partial charge in [-0.25, -0.2) is 9.48 Å². The molecule has 8 nitrogen and oxygen atoms in total. The van der Waals surface area contributed by atoms with E-state index in [1.54, 1.807) is 6.07 Å². The molecule has 8 heteroatoms. The van der Waals surface area contributed by atoms with E-state index in [0.29, 0.717) is 24.2 Å². The molecule has 0 atom stereocenters. The first kappa shape index (κ1) is 11.6. The number of carboxylic acids is 1. The van der Waals surface area contributed by atoms with Gasteiger partial charge in [-0.05, 0) is 35.8 Å². The zero-order valence-corrected chi connectivity index (χ0v) is 9.91. The van der Waals surface area contributed by atoms with E-state index in [9.17, 15) is 14.7 Å². The number of hydrogen-bond acceptors (Lipinski definition) is 5. The Morgan fingerprint density at radius 3 is 2.74 bits per heavy atom. The number of nitrogens with one attached hydrogen (secondary N) is 1. The molecule has 1 aliphatic carbocycles. The molecule has 98 valence electrons. The normalized spacial score (nSPS) is 16.8. The Hall–Kier alpha value is -2.51. The van der Waals surface area contributed by atoms with Crippen LogP contribution >= 0.6 is 0 Å². The standard InChI is InChI=1S/C11H11N5O3/c17-8-3-2-7(6-12-8)9-13-14-15-16(9)11(10(18)19)4-1-5-11/h2-3,6H,1,4-5H2,(H,12,17)(H,18,19). The fourth-order valence-corrected chi connectivity index (χ4v) is 2.23. The highest BCUT2D eigenvalue weighted by atomic mass is 16.4. The first-order chi connectivity index (χ1) is 9.13. The Labute approximate surface area is 107 Å². The summed E-state index contributed by atoms with van der Waals surface area (Å²) in [6, 6.07) is 2.91. The molecule has 3 rings (SSSR count). The van der Waals surface area contributed by atoms with Gasteiger partial charge in [0.15, 0.2) is 11.4 Å². The molecule has 0 unspecified atom stereocenters. The van der Waals surface area contributed by atoms with Crippen molar-refractivity contribution in [3.8, 4) is 11.4 Å². The molecule has 0 bridgehead atoms. The summed E-state index contributed by atoms with van der Waals surface area (Å²) in [6.45, 7) is 0. The van der Waals surface area contributed by atoms with Crippen LogP contribution in [0.4, 0.5) is 0 Å². The number of pyridine rings is 1. The minimum absolute atomic E-state index is 0.237. The molecule has 2 aromatic rings. The van der Waals surface area contributed by atoms with Crippen LogP contribution in [0.15, 0.2) is 23.1 Å². The molecule has 0 amide bonds. The van der Waals surface area contributed by atoms with E-state index in [2.05, 4.69) is 20.5 Å². The molecule has 0 spiro atoms. The summed E-state index contributed by atoms with van der Waals surface area (Å²) in [5.74, 6) is -0.588. The van der Waals surface area contributed by atoms with Gasteiger partial charge in [-0.1, -0.05) is 0 Å². The molecule has 1 aliphatic rings. The van der Waals surface area contributed by atoms with Crippen LogP contribution in [0.2, 0.25) is 0 Å². The number of H-pyrrole nitrogens is 1. The van der Waals surface area contributed by atoms with Crippen molar-refractivity contribution in [3.05, 3.63) is 28.7 Å². The second kappa shape index (κ2) is 4.01. The Bertz CT molecular complexity index is 665. The fourth-order valence-electron chi connectivity index (χ4n) is 2.23. The Balaban J connectivity index is 2.10. The van der Waals surface area contributed by atoms with Gasteiger partial charge in [0, 0.05) is 17.8 Å². The fraction of sp³-hybridized carbons (Fsp3) is 0.364. The highest BCUT2D eigenvalue weighted by Crippen LogP contribution is 2.40. The number of aliphatic carboxylic acids is 1. The van der Waals surface area contributed by atoms with Crippen molar-refractivity contribution in [1.29, 1.82) is 0 Å². The monoisotopic (exact) mass is 261 g/mol. The topological polar surface area (TPSA) is 114 Å². The van der Waals surface area contributed by atoms with Crippen LogP contribution in [0, 0.1) is 0 Å². The van der Waals surface area contributed by atoms with Crippen LogP contribution in [0.5, 0.6) is 0 Å². The van der Waals surface area contributed by atoms with Crippen molar-refractivity contribution in [1.82, 2.24) is 25.2 Å². The van der Waals surface area contributed by atoms with Crippen LogP contribution in [0.1, 0.15) is 19.3 Å². The van der Waals surface area contributed by atoms with Crippen molar-refractivity contribution in [3.63, 3.8) is 0 Å². The van der Waals surface area contributed by atoms with Gasteiger partial charge >= 0.3 is 5.97 Å². The predicted octanol–water partition coefficient (Wildman–Crippen LogP) is -0.00780. The van der Waals surface area contributed by atoms with E-state index < -0.39 is 11.5 Å². The van der Waals surface area contributed by atoms with E-state index in [0.717, 1.165) is 6.42 Å². The number of aromatic amines is 1. The van der Waals surface area contributed by atoms with E-state index >= 15 is 0 Å². The average molecular weight is 261 g/mol. The molecule has 0 radical (unpaired) electrons. The highest BCUT2D eigenvalue weighted by Gasteiger charge is 2.49. The van der Waals surface area contributed by atoms with E-state index in [1.807, 2.05) is 0 Å². The lowest BCUT2D eigenvalue weighted by Gasteiger charge is -2.37. The molecule has 0 saturated heterocycles. The second-order valence-corrected chi connectivity index (χ2v) is 4.55.